The molecule has 0 saturated carbocycles. The number of benzene rings is 2. The summed E-state index contributed by atoms with van der Waals surface area (Å²) < 4.78 is 40.3. The van der Waals surface area contributed by atoms with E-state index in [1.807, 2.05) is 12.1 Å². The molecule has 0 aliphatic carbocycles. The predicted molar refractivity (Wildman–Crippen MR) is 127 cm³/mol. The number of nitrogens with zero attached hydrogens (tertiary/aromatic N) is 2. The minimum atomic E-state index is -1.04. The molecule has 2 aliphatic rings. The van der Waals surface area contributed by atoms with Crippen LogP contribution >= 0.6 is 0 Å². The molecule has 1 saturated heterocycles. The summed E-state index contributed by atoms with van der Waals surface area (Å²) in [5.74, 6) is -2.96. The van der Waals surface area contributed by atoms with Gasteiger partial charge in [0.15, 0.2) is 11.6 Å². The molecule has 0 aromatic heterocycles. The summed E-state index contributed by atoms with van der Waals surface area (Å²) in [6.45, 7) is 4.74. The fourth-order valence-corrected chi connectivity index (χ4v) is 4.89. The summed E-state index contributed by atoms with van der Waals surface area (Å²) in [7, 11) is 0. The van der Waals surface area contributed by atoms with Crippen molar-refractivity contribution in [3.05, 3.63) is 71.0 Å². The first kappa shape index (κ1) is 24.9. The minimum absolute atomic E-state index is 0.221. The summed E-state index contributed by atoms with van der Waals surface area (Å²) in [6, 6.07) is 8.61. The van der Waals surface area contributed by atoms with E-state index in [1.165, 1.54) is 23.8 Å². The van der Waals surface area contributed by atoms with Crippen LogP contribution < -0.4 is 10.6 Å². The molecule has 2 aromatic carbocycles. The summed E-state index contributed by atoms with van der Waals surface area (Å²) in [5.41, 5.74) is 1.80. The first-order chi connectivity index (χ1) is 16.8. The van der Waals surface area contributed by atoms with Crippen LogP contribution in [0.25, 0.3) is 0 Å². The fourth-order valence-electron chi connectivity index (χ4n) is 4.89. The molecular formula is C26H29F3N4O2. The highest BCUT2D eigenvalue weighted by Crippen LogP contribution is 2.29. The molecule has 2 atom stereocenters. The molecule has 2 aliphatic heterocycles. The molecule has 1 fully saturated rings. The standard InChI is InChI=1S/C26H29F3N4O2/c1-16-23(24(32-26(35)31-16)19-5-8-21(28)22(29)15-19)25(34)30-11-2-12-33-13-9-18(10-14-33)17-3-6-20(27)7-4-17/h3-8,15,18,23-24H,2,9-14H2,1H3,(H,30,34)(H,32,35). The highest BCUT2D eigenvalue weighted by molar-refractivity contribution is 6.09. The first-order valence-electron chi connectivity index (χ1n) is 11.9. The van der Waals surface area contributed by atoms with Crippen molar-refractivity contribution in [2.75, 3.05) is 26.2 Å². The van der Waals surface area contributed by atoms with E-state index in [1.54, 1.807) is 6.92 Å². The average molecular weight is 487 g/mol. The van der Waals surface area contributed by atoms with E-state index < -0.39 is 29.6 Å². The third-order valence-electron chi connectivity index (χ3n) is 6.80. The normalized spacial score (nSPS) is 21.4. The molecule has 2 heterocycles. The quantitative estimate of drug-likeness (QED) is 0.572. The highest BCUT2D eigenvalue weighted by atomic mass is 19.2. The molecule has 186 valence electrons. The van der Waals surface area contributed by atoms with Crippen LogP contribution in [0.15, 0.2) is 47.5 Å². The van der Waals surface area contributed by atoms with Crippen molar-refractivity contribution < 1.29 is 22.8 Å². The number of halogens is 3. The van der Waals surface area contributed by atoms with Gasteiger partial charge in [0.05, 0.1) is 6.04 Å². The lowest BCUT2D eigenvalue weighted by molar-refractivity contribution is -0.123. The number of likely N-dealkylation sites (tertiary alicyclic amines) is 1. The van der Waals surface area contributed by atoms with Gasteiger partial charge < -0.3 is 15.5 Å². The zero-order valence-corrected chi connectivity index (χ0v) is 19.6. The summed E-state index contributed by atoms with van der Waals surface area (Å²) in [4.78, 5) is 31.1. The van der Waals surface area contributed by atoms with Gasteiger partial charge in [-0.25, -0.2) is 23.0 Å². The minimum Gasteiger partial charge on any atom is -0.355 e. The van der Waals surface area contributed by atoms with Crippen LogP contribution in [-0.4, -0.2) is 48.7 Å². The van der Waals surface area contributed by atoms with Gasteiger partial charge in [0, 0.05) is 12.3 Å². The van der Waals surface area contributed by atoms with Crippen LogP contribution in [0.5, 0.6) is 0 Å². The molecule has 2 unspecified atom stereocenters. The number of hydrogen-bond acceptors (Lipinski definition) is 3. The van der Waals surface area contributed by atoms with Gasteiger partial charge in [0.1, 0.15) is 11.7 Å². The Kier molecular flexibility index (Phi) is 7.85. The van der Waals surface area contributed by atoms with E-state index in [0.717, 1.165) is 51.0 Å². The number of hydrogen-bond donors (Lipinski definition) is 2. The number of piperidine rings is 1. The summed E-state index contributed by atoms with van der Waals surface area (Å²) in [5, 5.41) is 5.50. The fraction of sp³-hybridized carbons (Fsp3) is 0.423. The van der Waals surface area contributed by atoms with Gasteiger partial charge in [0.25, 0.3) is 0 Å². The lowest BCUT2D eigenvalue weighted by Gasteiger charge is -2.32. The van der Waals surface area contributed by atoms with E-state index in [0.29, 0.717) is 23.7 Å². The topological polar surface area (TPSA) is 73.8 Å². The smallest absolute Gasteiger partial charge is 0.341 e. The number of aliphatic imine (C=N–C) groups is 1. The van der Waals surface area contributed by atoms with Gasteiger partial charge in [0.2, 0.25) is 5.91 Å². The second-order valence-corrected chi connectivity index (χ2v) is 9.14. The largest absolute Gasteiger partial charge is 0.355 e. The Morgan fingerprint density at radius 3 is 2.43 bits per heavy atom. The third-order valence-corrected chi connectivity index (χ3v) is 6.80. The van der Waals surface area contributed by atoms with Crippen molar-refractivity contribution in [3.63, 3.8) is 0 Å². The van der Waals surface area contributed by atoms with Crippen molar-refractivity contribution >= 4 is 17.6 Å². The van der Waals surface area contributed by atoms with Gasteiger partial charge >= 0.3 is 6.03 Å². The van der Waals surface area contributed by atoms with Crippen molar-refractivity contribution in [1.82, 2.24) is 15.5 Å². The van der Waals surface area contributed by atoms with Gasteiger partial charge in [-0.15, -0.1) is 0 Å². The van der Waals surface area contributed by atoms with Crippen LogP contribution in [0.4, 0.5) is 18.0 Å². The second kappa shape index (κ2) is 11.0. The molecule has 6 nitrogen and oxygen atoms in total. The molecule has 3 amide bonds. The SMILES string of the molecule is CC1=NC(=O)NC(c2ccc(F)c(F)c2)C1C(=O)NCCCN1CCC(c2ccc(F)cc2)CC1. The van der Waals surface area contributed by atoms with Crippen LogP contribution in [0, 0.1) is 23.4 Å². The third kappa shape index (κ3) is 6.08. The lowest BCUT2D eigenvalue weighted by atomic mass is 9.87. The molecular weight excluding hydrogens is 457 g/mol. The number of nitrogens with one attached hydrogen (secondary N) is 2. The van der Waals surface area contributed by atoms with Crippen molar-refractivity contribution in [1.29, 1.82) is 0 Å². The number of carbonyl (C=O) groups excluding carboxylic acids is 2. The van der Waals surface area contributed by atoms with Crippen molar-refractivity contribution in [2.45, 2.75) is 38.1 Å². The number of amides is 3. The maximum atomic E-state index is 13.8. The van der Waals surface area contributed by atoms with E-state index >= 15 is 0 Å². The molecule has 9 heteroatoms. The zero-order valence-electron chi connectivity index (χ0n) is 19.6. The van der Waals surface area contributed by atoms with E-state index in [4.69, 9.17) is 0 Å². The van der Waals surface area contributed by atoms with Crippen LogP contribution in [-0.2, 0) is 4.79 Å². The van der Waals surface area contributed by atoms with Crippen LogP contribution in [0.2, 0.25) is 0 Å². The van der Waals surface area contributed by atoms with Gasteiger partial charge in [-0.2, -0.15) is 0 Å². The number of rotatable bonds is 7. The van der Waals surface area contributed by atoms with Crippen molar-refractivity contribution in [2.24, 2.45) is 10.9 Å². The van der Waals surface area contributed by atoms with Gasteiger partial charge in [-0.05, 0) is 87.1 Å². The maximum Gasteiger partial charge on any atom is 0.341 e. The van der Waals surface area contributed by atoms with E-state index in [9.17, 15) is 22.8 Å². The molecule has 0 radical (unpaired) electrons. The Bertz CT molecular complexity index is 1100. The van der Waals surface area contributed by atoms with Gasteiger partial charge in [-0.1, -0.05) is 18.2 Å². The second-order valence-electron chi connectivity index (χ2n) is 9.14. The van der Waals surface area contributed by atoms with E-state index in [-0.39, 0.29) is 11.7 Å². The lowest BCUT2D eigenvalue weighted by Crippen LogP contribution is -2.48. The Morgan fingerprint density at radius 2 is 1.74 bits per heavy atom. The Hall–Kier alpha value is -3.20. The molecule has 0 bridgehead atoms. The predicted octanol–water partition coefficient (Wildman–Crippen LogP) is 4.33. The molecule has 4 rings (SSSR count). The molecule has 2 aromatic rings. The van der Waals surface area contributed by atoms with Gasteiger partial charge in [-0.3, -0.25) is 4.79 Å². The summed E-state index contributed by atoms with van der Waals surface area (Å²) >= 11 is 0. The Morgan fingerprint density at radius 1 is 1.06 bits per heavy atom. The average Bonchev–Trinajstić information content (AvgIpc) is 2.84. The van der Waals surface area contributed by atoms with Crippen LogP contribution in [0.1, 0.15) is 49.3 Å². The maximum absolute atomic E-state index is 13.8. The summed E-state index contributed by atoms with van der Waals surface area (Å²) in [6.07, 6.45) is 2.76. The zero-order chi connectivity index (χ0) is 24.9. The number of urea groups is 1. The van der Waals surface area contributed by atoms with E-state index in [2.05, 4.69) is 20.5 Å². The molecule has 2 N–H and O–H groups in total. The van der Waals surface area contributed by atoms with Crippen molar-refractivity contribution in [3.8, 4) is 0 Å². The Labute approximate surface area is 202 Å². The molecule has 0 spiro atoms. The monoisotopic (exact) mass is 486 g/mol. The first-order valence-corrected chi connectivity index (χ1v) is 11.9. The molecule has 35 heavy (non-hydrogen) atoms. The Balaban J connectivity index is 1.27. The number of carbonyl (C=O) groups is 2. The highest BCUT2D eigenvalue weighted by Gasteiger charge is 2.37. The van der Waals surface area contributed by atoms with Crippen LogP contribution in [0.3, 0.4) is 0 Å².